The minimum atomic E-state index is -1.24. The standard InChI is InChI=1S/C16H18N4O2S/c1-12-3-5-13(6-4-12)23(22)19-10-7-14-15(11-19)18-20(16(14)21)9-2-8-17/h3-6,18H,2,7,9-11H2,1H3. The number of nitrogens with one attached hydrogen (secondary N) is 1. The van der Waals surface area contributed by atoms with E-state index in [1.807, 2.05) is 41.6 Å². The number of nitriles is 1. The lowest BCUT2D eigenvalue weighted by molar-refractivity contribution is 0.413. The van der Waals surface area contributed by atoms with Gasteiger partial charge in [-0.1, -0.05) is 17.7 Å². The summed E-state index contributed by atoms with van der Waals surface area (Å²) in [5.41, 5.74) is 2.63. The zero-order valence-corrected chi connectivity index (χ0v) is 13.7. The third-order valence-electron chi connectivity index (χ3n) is 3.99. The summed E-state index contributed by atoms with van der Waals surface area (Å²) in [5, 5.41) is 11.7. The monoisotopic (exact) mass is 330 g/mol. The van der Waals surface area contributed by atoms with Crippen LogP contribution >= 0.6 is 0 Å². The fraction of sp³-hybridized carbons (Fsp3) is 0.375. The normalized spacial score (nSPS) is 15.8. The molecule has 6 nitrogen and oxygen atoms in total. The lowest BCUT2D eigenvalue weighted by atomic mass is 10.1. The van der Waals surface area contributed by atoms with Crippen molar-refractivity contribution in [2.45, 2.75) is 37.8 Å². The van der Waals surface area contributed by atoms with E-state index < -0.39 is 11.0 Å². The Morgan fingerprint density at radius 2 is 2.09 bits per heavy atom. The molecule has 1 aliphatic rings. The van der Waals surface area contributed by atoms with Crippen LogP contribution in [0.4, 0.5) is 0 Å². The molecule has 1 unspecified atom stereocenters. The second kappa shape index (κ2) is 6.52. The molecule has 1 atom stereocenters. The average molecular weight is 330 g/mol. The number of hydrogen-bond acceptors (Lipinski definition) is 3. The maximum absolute atomic E-state index is 12.7. The van der Waals surface area contributed by atoms with Crippen molar-refractivity contribution in [2.24, 2.45) is 0 Å². The van der Waals surface area contributed by atoms with Crippen molar-refractivity contribution >= 4 is 11.0 Å². The summed E-state index contributed by atoms with van der Waals surface area (Å²) in [4.78, 5) is 13.0. The first-order chi connectivity index (χ1) is 11.1. The number of rotatable bonds is 4. The van der Waals surface area contributed by atoms with Gasteiger partial charge in [-0.25, -0.2) is 8.51 Å². The molecule has 7 heteroatoms. The van der Waals surface area contributed by atoms with Crippen LogP contribution in [0, 0.1) is 18.3 Å². The number of aryl methyl sites for hydroxylation is 2. The fourth-order valence-corrected chi connectivity index (χ4v) is 3.89. The molecule has 0 spiro atoms. The van der Waals surface area contributed by atoms with E-state index in [2.05, 4.69) is 5.10 Å². The highest BCUT2D eigenvalue weighted by molar-refractivity contribution is 7.82. The van der Waals surface area contributed by atoms with Crippen LogP contribution in [0.1, 0.15) is 23.2 Å². The molecular weight excluding hydrogens is 312 g/mol. The highest BCUT2D eigenvalue weighted by Gasteiger charge is 2.26. The first-order valence-corrected chi connectivity index (χ1v) is 8.62. The number of fused-ring (bicyclic) bond motifs is 1. The Labute approximate surface area is 136 Å². The maximum atomic E-state index is 12.7. The Balaban J connectivity index is 1.80. The minimum absolute atomic E-state index is 0.0592. The zero-order chi connectivity index (χ0) is 16.4. The molecule has 23 heavy (non-hydrogen) atoms. The number of hydrogen-bond donors (Lipinski definition) is 1. The summed E-state index contributed by atoms with van der Waals surface area (Å²) >= 11 is 0. The molecule has 1 N–H and O–H groups in total. The maximum Gasteiger partial charge on any atom is 0.270 e. The average Bonchev–Trinajstić information content (AvgIpc) is 2.88. The molecule has 2 heterocycles. The summed E-state index contributed by atoms with van der Waals surface area (Å²) in [5.74, 6) is 0. The fourth-order valence-electron chi connectivity index (χ4n) is 2.72. The summed E-state index contributed by atoms with van der Waals surface area (Å²) in [6.07, 6.45) is 0.861. The number of aromatic amines is 1. The van der Waals surface area contributed by atoms with Gasteiger partial charge in [-0.3, -0.25) is 14.6 Å². The van der Waals surface area contributed by atoms with E-state index in [1.54, 1.807) is 0 Å². The Bertz CT molecular complexity index is 829. The van der Waals surface area contributed by atoms with E-state index in [0.717, 1.165) is 21.7 Å². The van der Waals surface area contributed by atoms with E-state index in [1.165, 1.54) is 4.68 Å². The SMILES string of the molecule is Cc1ccc(S(=O)N2CCc3c([nH]n(CCC#N)c3=O)C2)cc1. The Morgan fingerprint density at radius 1 is 1.35 bits per heavy atom. The molecule has 1 aromatic carbocycles. The van der Waals surface area contributed by atoms with Crippen molar-refractivity contribution in [1.82, 2.24) is 14.1 Å². The van der Waals surface area contributed by atoms with Crippen molar-refractivity contribution in [3.05, 3.63) is 51.4 Å². The lowest BCUT2D eigenvalue weighted by Gasteiger charge is -2.24. The third-order valence-corrected chi connectivity index (χ3v) is 5.44. The molecule has 3 rings (SSSR count). The van der Waals surface area contributed by atoms with Gasteiger partial charge in [0.1, 0.15) is 11.0 Å². The highest BCUT2D eigenvalue weighted by atomic mass is 32.2. The molecule has 0 fully saturated rings. The minimum Gasteiger partial charge on any atom is -0.298 e. The van der Waals surface area contributed by atoms with Crippen molar-refractivity contribution in [3.8, 4) is 6.07 Å². The number of H-pyrrole nitrogens is 1. The number of benzene rings is 1. The van der Waals surface area contributed by atoms with Gasteiger partial charge in [0.05, 0.1) is 36.2 Å². The molecule has 0 amide bonds. The number of nitrogens with zero attached hydrogens (tertiary/aromatic N) is 3. The first kappa shape index (κ1) is 15.7. The summed E-state index contributed by atoms with van der Waals surface area (Å²) in [7, 11) is -1.24. The van der Waals surface area contributed by atoms with Crippen LogP contribution in [-0.4, -0.2) is 24.8 Å². The van der Waals surface area contributed by atoms with E-state index >= 15 is 0 Å². The van der Waals surface area contributed by atoms with Gasteiger partial charge in [-0.05, 0) is 25.5 Å². The molecular formula is C16H18N4O2S. The van der Waals surface area contributed by atoms with Crippen LogP contribution in [0.5, 0.6) is 0 Å². The van der Waals surface area contributed by atoms with Gasteiger partial charge < -0.3 is 0 Å². The Morgan fingerprint density at radius 3 is 2.78 bits per heavy atom. The summed E-state index contributed by atoms with van der Waals surface area (Å²) in [6, 6.07) is 9.69. The van der Waals surface area contributed by atoms with Gasteiger partial charge in [0.15, 0.2) is 0 Å². The second-order valence-electron chi connectivity index (χ2n) is 5.61. The van der Waals surface area contributed by atoms with Crippen molar-refractivity contribution in [1.29, 1.82) is 5.26 Å². The van der Waals surface area contributed by atoms with Crippen LogP contribution in [0.3, 0.4) is 0 Å². The van der Waals surface area contributed by atoms with Gasteiger partial charge in [0, 0.05) is 12.1 Å². The predicted molar refractivity (Wildman–Crippen MR) is 87.0 cm³/mol. The van der Waals surface area contributed by atoms with E-state index in [9.17, 15) is 9.00 Å². The molecule has 1 aromatic heterocycles. The predicted octanol–water partition coefficient (Wildman–Crippen LogP) is 1.48. The van der Waals surface area contributed by atoms with Gasteiger partial charge in [0.2, 0.25) is 0 Å². The molecule has 0 radical (unpaired) electrons. The van der Waals surface area contributed by atoms with E-state index in [0.29, 0.717) is 26.1 Å². The number of aromatic nitrogens is 2. The van der Waals surface area contributed by atoms with Crippen molar-refractivity contribution < 1.29 is 4.21 Å². The van der Waals surface area contributed by atoms with Crippen molar-refractivity contribution in [3.63, 3.8) is 0 Å². The van der Waals surface area contributed by atoms with Crippen LogP contribution in [0.2, 0.25) is 0 Å². The van der Waals surface area contributed by atoms with E-state index in [4.69, 9.17) is 5.26 Å². The molecule has 0 saturated carbocycles. The van der Waals surface area contributed by atoms with Crippen LogP contribution in [-0.2, 0) is 30.5 Å². The third kappa shape index (κ3) is 3.14. The van der Waals surface area contributed by atoms with Gasteiger partial charge >= 0.3 is 0 Å². The second-order valence-corrected chi connectivity index (χ2v) is 7.10. The molecule has 120 valence electrons. The van der Waals surface area contributed by atoms with Crippen LogP contribution in [0.25, 0.3) is 0 Å². The molecule has 0 aliphatic carbocycles. The van der Waals surface area contributed by atoms with E-state index in [-0.39, 0.29) is 12.0 Å². The van der Waals surface area contributed by atoms with Gasteiger partial charge in [0.25, 0.3) is 5.56 Å². The Kier molecular flexibility index (Phi) is 4.46. The molecule has 2 aromatic rings. The quantitative estimate of drug-likeness (QED) is 0.922. The smallest absolute Gasteiger partial charge is 0.270 e. The molecule has 0 bridgehead atoms. The lowest BCUT2D eigenvalue weighted by Crippen LogP contribution is -2.33. The first-order valence-electron chi connectivity index (χ1n) is 7.51. The zero-order valence-electron chi connectivity index (χ0n) is 12.9. The molecule has 1 aliphatic heterocycles. The van der Waals surface area contributed by atoms with Crippen LogP contribution in [0.15, 0.2) is 34.0 Å². The summed E-state index contributed by atoms with van der Waals surface area (Å²) < 4.78 is 16.0. The topological polar surface area (TPSA) is 81.9 Å². The molecule has 0 saturated heterocycles. The Hall–Kier alpha value is -2.17. The highest BCUT2D eigenvalue weighted by Crippen LogP contribution is 2.20. The van der Waals surface area contributed by atoms with Gasteiger partial charge in [-0.15, -0.1) is 0 Å². The largest absolute Gasteiger partial charge is 0.298 e. The summed E-state index contributed by atoms with van der Waals surface area (Å²) in [6.45, 7) is 3.39. The van der Waals surface area contributed by atoms with Crippen molar-refractivity contribution in [2.75, 3.05) is 6.54 Å². The van der Waals surface area contributed by atoms with Crippen LogP contribution < -0.4 is 5.56 Å². The van der Waals surface area contributed by atoms with Gasteiger partial charge in [-0.2, -0.15) is 5.26 Å².